The second kappa shape index (κ2) is 11.7. The van der Waals surface area contributed by atoms with Gasteiger partial charge in [-0.15, -0.1) is 0 Å². The van der Waals surface area contributed by atoms with Crippen molar-refractivity contribution in [3.05, 3.63) is 83.5 Å². The summed E-state index contributed by atoms with van der Waals surface area (Å²) in [6.45, 7) is 0.680. The number of anilines is 5. The van der Waals surface area contributed by atoms with E-state index in [-0.39, 0.29) is 5.91 Å². The number of ether oxygens (including phenoxy) is 1. The molecule has 0 aliphatic heterocycles. The molecular formula is C27H27BrN6O2. The molecule has 0 radical (unpaired) electrons. The van der Waals surface area contributed by atoms with E-state index in [1.165, 1.54) is 11.5 Å². The number of hydrogen-bond donors (Lipinski definition) is 3. The van der Waals surface area contributed by atoms with Gasteiger partial charge in [0, 0.05) is 30.2 Å². The highest BCUT2D eigenvalue weighted by Crippen LogP contribution is 2.32. The van der Waals surface area contributed by atoms with Gasteiger partial charge >= 0.3 is 0 Å². The van der Waals surface area contributed by atoms with E-state index in [0.29, 0.717) is 35.4 Å². The van der Waals surface area contributed by atoms with Gasteiger partial charge in [0.15, 0.2) is 0 Å². The molecule has 0 spiro atoms. The van der Waals surface area contributed by atoms with Crippen molar-refractivity contribution in [2.45, 2.75) is 0 Å². The molecule has 1 heterocycles. The second-order valence-electron chi connectivity index (χ2n) is 8.27. The van der Waals surface area contributed by atoms with Crippen LogP contribution < -0.4 is 20.7 Å². The molecule has 8 nitrogen and oxygen atoms in total. The molecule has 3 aromatic carbocycles. The number of halogens is 1. The Morgan fingerprint density at radius 2 is 1.81 bits per heavy atom. The topological polar surface area (TPSA) is 91.4 Å². The van der Waals surface area contributed by atoms with Gasteiger partial charge < -0.3 is 25.6 Å². The minimum absolute atomic E-state index is 0.213. The van der Waals surface area contributed by atoms with Crippen molar-refractivity contribution in [1.82, 2.24) is 14.9 Å². The summed E-state index contributed by atoms with van der Waals surface area (Å²) in [4.78, 5) is 23.2. The first-order valence-corrected chi connectivity index (χ1v) is 12.1. The van der Waals surface area contributed by atoms with Crippen LogP contribution in [0.3, 0.4) is 0 Å². The Morgan fingerprint density at radius 3 is 2.58 bits per heavy atom. The van der Waals surface area contributed by atoms with Gasteiger partial charge in [-0.05, 0) is 71.1 Å². The molecule has 0 saturated carbocycles. The van der Waals surface area contributed by atoms with Crippen LogP contribution in [0.4, 0.5) is 28.8 Å². The zero-order valence-corrected chi connectivity index (χ0v) is 21.8. The Hall–Kier alpha value is -3.95. The molecule has 0 atom stereocenters. The molecule has 3 N–H and O–H groups in total. The Bertz CT molecular complexity index is 1410. The number of hydrogen-bond acceptors (Lipinski definition) is 7. The van der Waals surface area contributed by atoms with Gasteiger partial charge in [-0.1, -0.05) is 36.4 Å². The minimum atomic E-state index is -0.213. The zero-order chi connectivity index (χ0) is 25.5. The van der Waals surface area contributed by atoms with Crippen molar-refractivity contribution in [1.29, 1.82) is 0 Å². The predicted octanol–water partition coefficient (Wildman–Crippen LogP) is 5.94. The fraction of sp³-hybridized carbons (Fsp3) is 0.148. The van der Waals surface area contributed by atoms with E-state index >= 15 is 0 Å². The number of aromatic nitrogens is 2. The monoisotopic (exact) mass is 546 g/mol. The third-order valence-corrected chi connectivity index (χ3v) is 5.79. The first-order valence-electron chi connectivity index (χ1n) is 11.3. The van der Waals surface area contributed by atoms with Gasteiger partial charge in [-0.25, -0.2) is 4.98 Å². The Balaban J connectivity index is 1.52. The molecule has 0 aliphatic rings. The molecule has 1 amide bonds. The van der Waals surface area contributed by atoms with E-state index in [1.807, 2.05) is 37.2 Å². The quantitative estimate of drug-likeness (QED) is 0.223. The van der Waals surface area contributed by atoms with Gasteiger partial charge in [0.25, 0.3) is 0 Å². The molecule has 184 valence electrons. The summed E-state index contributed by atoms with van der Waals surface area (Å²) in [5.41, 5.74) is 2.14. The van der Waals surface area contributed by atoms with Crippen molar-refractivity contribution >= 4 is 61.4 Å². The highest BCUT2D eigenvalue weighted by molar-refractivity contribution is 9.10. The van der Waals surface area contributed by atoms with Crippen LogP contribution in [0, 0.1) is 0 Å². The van der Waals surface area contributed by atoms with Crippen LogP contribution in [0.1, 0.15) is 0 Å². The lowest BCUT2D eigenvalue weighted by Crippen LogP contribution is -2.13. The normalized spacial score (nSPS) is 11.1. The fourth-order valence-corrected chi connectivity index (χ4v) is 3.77. The van der Waals surface area contributed by atoms with Crippen molar-refractivity contribution in [2.24, 2.45) is 0 Å². The number of nitrogens with one attached hydrogen (secondary N) is 3. The maximum Gasteiger partial charge on any atom is 0.248 e. The number of rotatable bonds is 9. The smallest absolute Gasteiger partial charge is 0.248 e. The summed E-state index contributed by atoms with van der Waals surface area (Å²) >= 11 is 3.52. The third-order valence-electron chi connectivity index (χ3n) is 5.21. The lowest BCUT2D eigenvalue weighted by molar-refractivity contribution is -0.111. The van der Waals surface area contributed by atoms with Gasteiger partial charge in [-0.3, -0.25) is 4.79 Å². The summed E-state index contributed by atoms with van der Waals surface area (Å²) in [5.74, 6) is 1.35. The van der Waals surface area contributed by atoms with Gasteiger partial charge in [0.05, 0.1) is 17.3 Å². The van der Waals surface area contributed by atoms with Crippen LogP contribution in [-0.2, 0) is 4.79 Å². The lowest BCUT2D eigenvalue weighted by Gasteiger charge is -2.14. The number of methoxy groups -OCH3 is 1. The van der Waals surface area contributed by atoms with E-state index in [4.69, 9.17) is 4.74 Å². The number of carbonyl (C=O) groups excluding carboxylic acids is 1. The molecule has 36 heavy (non-hydrogen) atoms. The van der Waals surface area contributed by atoms with Crippen LogP contribution in [0.25, 0.3) is 10.8 Å². The van der Waals surface area contributed by atoms with Gasteiger partial charge in [0.2, 0.25) is 11.9 Å². The summed E-state index contributed by atoms with van der Waals surface area (Å²) in [6, 6.07) is 19.6. The SMILES string of the molecule is COc1ccc(NC(=O)/C=C/CN(C)C)cc1Nc1ncc(Br)c(Nc2ccc3ccccc3c2)n1. The highest BCUT2D eigenvalue weighted by Gasteiger charge is 2.11. The molecule has 0 saturated heterocycles. The average Bonchev–Trinajstić information content (AvgIpc) is 2.86. The standard InChI is InChI=1S/C27H27BrN6O2/c1-34(2)14-6-9-25(35)30-21-12-13-24(36-3)23(16-21)32-27-29-17-22(28)26(33-27)31-20-11-10-18-7-4-5-8-19(18)15-20/h4-13,15-17H,14H2,1-3H3,(H,30,35)(H2,29,31,32,33)/b9-6+. The van der Waals surface area contributed by atoms with Crippen LogP contribution in [0.15, 0.2) is 83.5 Å². The summed E-state index contributed by atoms with van der Waals surface area (Å²) in [6.07, 6.45) is 4.99. The van der Waals surface area contributed by atoms with E-state index in [0.717, 1.165) is 15.5 Å². The molecule has 9 heteroatoms. The summed E-state index contributed by atoms with van der Waals surface area (Å²) in [5, 5.41) is 11.7. The molecular weight excluding hydrogens is 520 g/mol. The van der Waals surface area contributed by atoms with Gasteiger partial charge in [-0.2, -0.15) is 4.98 Å². The first-order chi connectivity index (χ1) is 17.4. The molecule has 0 bridgehead atoms. The lowest BCUT2D eigenvalue weighted by atomic mass is 10.1. The van der Waals surface area contributed by atoms with Crippen LogP contribution in [-0.4, -0.2) is 48.5 Å². The van der Waals surface area contributed by atoms with E-state index < -0.39 is 0 Å². The van der Waals surface area contributed by atoms with Crippen molar-refractivity contribution in [2.75, 3.05) is 43.7 Å². The number of likely N-dealkylation sites (N-methyl/N-ethyl adjacent to an activating group) is 1. The van der Waals surface area contributed by atoms with Gasteiger partial charge in [0.1, 0.15) is 11.6 Å². The number of fused-ring (bicyclic) bond motifs is 1. The predicted molar refractivity (Wildman–Crippen MR) is 150 cm³/mol. The molecule has 0 unspecified atom stereocenters. The molecule has 0 fully saturated rings. The number of amides is 1. The molecule has 4 rings (SSSR count). The minimum Gasteiger partial charge on any atom is -0.495 e. The fourth-order valence-electron chi connectivity index (χ4n) is 3.48. The first kappa shape index (κ1) is 25.2. The third kappa shape index (κ3) is 6.59. The van der Waals surface area contributed by atoms with Crippen molar-refractivity contribution < 1.29 is 9.53 Å². The summed E-state index contributed by atoms with van der Waals surface area (Å²) < 4.78 is 6.21. The van der Waals surface area contributed by atoms with Crippen LogP contribution in [0.2, 0.25) is 0 Å². The summed E-state index contributed by atoms with van der Waals surface area (Å²) in [7, 11) is 5.46. The van der Waals surface area contributed by atoms with Crippen LogP contribution in [0.5, 0.6) is 5.75 Å². The Labute approximate surface area is 218 Å². The molecule has 4 aromatic rings. The van der Waals surface area contributed by atoms with E-state index in [1.54, 1.807) is 37.6 Å². The highest BCUT2D eigenvalue weighted by atomic mass is 79.9. The van der Waals surface area contributed by atoms with E-state index in [9.17, 15) is 4.79 Å². The van der Waals surface area contributed by atoms with Crippen LogP contribution >= 0.6 is 15.9 Å². The van der Waals surface area contributed by atoms with Crippen molar-refractivity contribution in [3.8, 4) is 5.75 Å². The Kier molecular flexibility index (Phi) is 8.14. The number of benzene rings is 3. The maximum absolute atomic E-state index is 12.2. The molecule has 0 aliphatic carbocycles. The molecule has 1 aromatic heterocycles. The van der Waals surface area contributed by atoms with E-state index in [2.05, 4.69) is 66.1 Å². The Morgan fingerprint density at radius 1 is 1.03 bits per heavy atom. The average molecular weight is 547 g/mol. The number of carbonyl (C=O) groups is 1. The second-order valence-corrected chi connectivity index (χ2v) is 9.13. The number of nitrogens with zero attached hydrogens (tertiary/aromatic N) is 3. The maximum atomic E-state index is 12.2. The largest absolute Gasteiger partial charge is 0.495 e. The van der Waals surface area contributed by atoms with Crippen molar-refractivity contribution in [3.63, 3.8) is 0 Å². The zero-order valence-electron chi connectivity index (χ0n) is 20.2.